The van der Waals surface area contributed by atoms with Gasteiger partial charge < -0.3 is 5.11 Å². The van der Waals surface area contributed by atoms with Crippen molar-refractivity contribution in [1.82, 2.24) is 4.72 Å². The second-order valence-electron chi connectivity index (χ2n) is 3.82. The van der Waals surface area contributed by atoms with E-state index in [2.05, 4.69) is 0 Å². The smallest absolute Gasteiger partial charge is 0.416 e. The number of rotatable bonds is 4. The molecule has 1 rings (SSSR count). The second kappa shape index (κ2) is 5.58. The van der Waals surface area contributed by atoms with Gasteiger partial charge in [0.05, 0.1) is 10.6 Å². The van der Waals surface area contributed by atoms with Crippen LogP contribution in [-0.2, 0) is 21.0 Å². The molecule has 112 valence electrons. The summed E-state index contributed by atoms with van der Waals surface area (Å²) in [4.78, 5) is 9.95. The lowest BCUT2D eigenvalue weighted by Gasteiger charge is -2.13. The van der Waals surface area contributed by atoms with E-state index in [4.69, 9.17) is 16.7 Å². The number of benzene rings is 1. The average molecular weight is 332 g/mol. The lowest BCUT2D eigenvalue weighted by atomic mass is 10.2. The number of hydrogen-bond acceptors (Lipinski definition) is 3. The van der Waals surface area contributed by atoms with E-state index in [-0.39, 0.29) is 0 Å². The van der Waals surface area contributed by atoms with Crippen LogP contribution in [0.15, 0.2) is 23.1 Å². The zero-order valence-electron chi connectivity index (χ0n) is 9.90. The van der Waals surface area contributed by atoms with E-state index < -0.39 is 43.7 Å². The molecule has 0 aliphatic rings. The first-order valence-corrected chi connectivity index (χ1v) is 6.93. The summed E-state index contributed by atoms with van der Waals surface area (Å²) in [5, 5.41) is 7.96. The number of halogens is 4. The van der Waals surface area contributed by atoms with Crippen molar-refractivity contribution in [2.24, 2.45) is 0 Å². The van der Waals surface area contributed by atoms with E-state index in [1.54, 1.807) is 4.72 Å². The predicted octanol–water partition coefficient (Wildman–Crippen LogP) is 2.11. The van der Waals surface area contributed by atoms with Gasteiger partial charge in [-0.25, -0.2) is 8.42 Å². The van der Waals surface area contributed by atoms with Gasteiger partial charge in [-0.15, -0.1) is 0 Å². The third-order valence-corrected chi connectivity index (χ3v) is 4.27. The fraction of sp³-hybridized carbons (Fsp3) is 0.300. The Bertz CT molecular complexity index is 630. The van der Waals surface area contributed by atoms with Crippen molar-refractivity contribution in [3.8, 4) is 0 Å². The maximum absolute atomic E-state index is 12.4. The number of aliphatic carboxylic acids is 1. The minimum Gasteiger partial charge on any atom is -0.480 e. The van der Waals surface area contributed by atoms with Gasteiger partial charge in [0.2, 0.25) is 10.0 Å². The number of alkyl halides is 3. The van der Waals surface area contributed by atoms with Gasteiger partial charge in [0.1, 0.15) is 10.9 Å². The molecule has 0 aromatic heterocycles. The van der Waals surface area contributed by atoms with E-state index in [1.807, 2.05) is 0 Å². The van der Waals surface area contributed by atoms with Crippen molar-refractivity contribution in [2.75, 3.05) is 0 Å². The van der Waals surface area contributed by atoms with E-state index in [1.165, 1.54) is 0 Å². The summed E-state index contributed by atoms with van der Waals surface area (Å²) in [5.41, 5.74) is -1.10. The lowest BCUT2D eigenvalue weighted by Crippen LogP contribution is -2.38. The van der Waals surface area contributed by atoms with Crippen LogP contribution in [0, 0.1) is 0 Å². The molecule has 5 nitrogen and oxygen atoms in total. The van der Waals surface area contributed by atoms with Crippen LogP contribution in [0.1, 0.15) is 12.5 Å². The molecule has 0 saturated heterocycles. The van der Waals surface area contributed by atoms with Gasteiger partial charge >= 0.3 is 12.1 Å². The summed E-state index contributed by atoms with van der Waals surface area (Å²) in [5.74, 6) is -1.43. The number of carboxylic acid groups (broad SMARTS) is 1. The molecular formula is C10H9ClF3NO4S. The standard InChI is InChI=1S/C10H9ClF3NO4S/c1-5(9(16)17)15-20(18,19)8-3-2-6(4-7(8)11)10(12,13)14/h2-5,15H,1H3,(H,16,17)/t5-/m0/s1. The molecule has 0 amide bonds. The molecule has 0 spiro atoms. The summed E-state index contributed by atoms with van der Waals surface area (Å²) in [6.07, 6.45) is -4.66. The Morgan fingerprint density at radius 1 is 1.40 bits per heavy atom. The summed E-state index contributed by atoms with van der Waals surface area (Å²) < 4.78 is 62.6. The number of hydrogen-bond donors (Lipinski definition) is 2. The molecule has 0 aliphatic heterocycles. The maximum atomic E-state index is 12.4. The molecule has 2 N–H and O–H groups in total. The van der Waals surface area contributed by atoms with Crippen LogP contribution in [0.5, 0.6) is 0 Å². The van der Waals surface area contributed by atoms with Crippen molar-refractivity contribution in [3.05, 3.63) is 28.8 Å². The van der Waals surface area contributed by atoms with Crippen LogP contribution in [0.3, 0.4) is 0 Å². The first-order chi connectivity index (χ1) is 8.95. The first kappa shape index (κ1) is 16.7. The number of carboxylic acids is 1. The van der Waals surface area contributed by atoms with Gasteiger partial charge in [-0.05, 0) is 25.1 Å². The minimum atomic E-state index is -4.66. The molecule has 0 heterocycles. The first-order valence-electron chi connectivity index (χ1n) is 5.07. The molecule has 0 fully saturated rings. The summed E-state index contributed by atoms with van der Waals surface area (Å²) in [6, 6.07) is 0.230. The molecule has 0 aliphatic carbocycles. The molecule has 1 atom stereocenters. The third kappa shape index (κ3) is 3.84. The highest BCUT2D eigenvalue weighted by molar-refractivity contribution is 7.89. The second-order valence-corrected chi connectivity index (χ2v) is 5.91. The van der Waals surface area contributed by atoms with Crippen molar-refractivity contribution in [1.29, 1.82) is 0 Å². The number of sulfonamides is 1. The molecule has 20 heavy (non-hydrogen) atoms. The van der Waals surface area contributed by atoms with E-state index in [0.717, 1.165) is 6.92 Å². The largest absolute Gasteiger partial charge is 0.480 e. The Balaban J connectivity index is 3.18. The maximum Gasteiger partial charge on any atom is 0.416 e. The van der Waals surface area contributed by atoms with Gasteiger partial charge in [0.15, 0.2) is 0 Å². The topological polar surface area (TPSA) is 83.5 Å². The van der Waals surface area contributed by atoms with Crippen molar-refractivity contribution >= 4 is 27.6 Å². The van der Waals surface area contributed by atoms with Crippen molar-refractivity contribution in [3.63, 3.8) is 0 Å². The molecule has 0 radical (unpaired) electrons. The van der Waals surface area contributed by atoms with Gasteiger partial charge in [-0.3, -0.25) is 4.79 Å². The highest BCUT2D eigenvalue weighted by Gasteiger charge is 2.32. The van der Waals surface area contributed by atoms with Crippen molar-refractivity contribution < 1.29 is 31.5 Å². The Morgan fingerprint density at radius 2 is 1.95 bits per heavy atom. The Morgan fingerprint density at radius 3 is 2.35 bits per heavy atom. The molecule has 1 aromatic carbocycles. The van der Waals surface area contributed by atoms with Crippen LogP contribution in [0.2, 0.25) is 5.02 Å². The third-order valence-electron chi connectivity index (χ3n) is 2.25. The van der Waals surface area contributed by atoms with E-state index in [9.17, 15) is 26.4 Å². The fourth-order valence-electron chi connectivity index (χ4n) is 1.24. The van der Waals surface area contributed by atoms with Crippen LogP contribution in [-0.4, -0.2) is 25.5 Å². The van der Waals surface area contributed by atoms with E-state index in [0.29, 0.717) is 18.2 Å². The molecule has 0 saturated carbocycles. The quantitative estimate of drug-likeness (QED) is 0.885. The average Bonchev–Trinajstić information content (AvgIpc) is 2.26. The molecule has 1 aromatic rings. The SMILES string of the molecule is C[C@H](NS(=O)(=O)c1ccc(C(F)(F)F)cc1Cl)C(=O)O. The Kier molecular flexibility index (Phi) is 4.67. The van der Waals surface area contributed by atoms with E-state index >= 15 is 0 Å². The lowest BCUT2D eigenvalue weighted by molar-refractivity contribution is -0.139. The van der Waals surface area contributed by atoms with Crippen LogP contribution in [0.25, 0.3) is 0 Å². The van der Waals surface area contributed by atoms with Crippen LogP contribution >= 0.6 is 11.6 Å². The minimum absolute atomic E-state index is 0.460. The fourth-order valence-corrected chi connectivity index (χ4v) is 2.98. The number of carbonyl (C=O) groups is 1. The number of nitrogens with one attached hydrogen (secondary N) is 1. The Labute approximate surface area is 117 Å². The zero-order chi connectivity index (χ0) is 15.7. The molecule has 0 unspecified atom stereocenters. The molecular weight excluding hydrogens is 323 g/mol. The van der Waals surface area contributed by atoms with Gasteiger partial charge in [0.25, 0.3) is 0 Å². The summed E-state index contributed by atoms with van der Waals surface area (Å²) >= 11 is 5.52. The molecule has 0 bridgehead atoms. The predicted molar refractivity (Wildman–Crippen MR) is 63.9 cm³/mol. The van der Waals surface area contributed by atoms with Crippen molar-refractivity contribution in [2.45, 2.75) is 24.0 Å². The normalized spacial score (nSPS) is 14.1. The molecule has 10 heteroatoms. The highest BCUT2D eigenvalue weighted by Crippen LogP contribution is 2.33. The highest BCUT2D eigenvalue weighted by atomic mass is 35.5. The zero-order valence-corrected chi connectivity index (χ0v) is 11.5. The summed E-state index contributed by atoms with van der Waals surface area (Å²) in [6.45, 7) is 1.07. The van der Waals surface area contributed by atoms with Gasteiger partial charge in [0, 0.05) is 0 Å². The summed E-state index contributed by atoms with van der Waals surface area (Å²) in [7, 11) is -4.33. The van der Waals surface area contributed by atoms with Crippen LogP contribution in [0.4, 0.5) is 13.2 Å². The monoisotopic (exact) mass is 331 g/mol. The van der Waals surface area contributed by atoms with Gasteiger partial charge in [-0.2, -0.15) is 17.9 Å². The van der Waals surface area contributed by atoms with Gasteiger partial charge in [-0.1, -0.05) is 11.6 Å². The Hall–Kier alpha value is -1.32. The van der Waals surface area contributed by atoms with Crippen LogP contribution < -0.4 is 4.72 Å².